The fourth-order valence-electron chi connectivity index (χ4n) is 4.04. The number of nitriles is 1. The van der Waals surface area contributed by atoms with Crippen LogP contribution in [0.15, 0.2) is 12.3 Å². The topological polar surface area (TPSA) is 87.8 Å². The van der Waals surface area contributed by atoms with Crippen molar-refractivity contribution in [2.45, 2.75) is 53.9 Å². The summed E-state index contributed by atoms with van der Waals surface area (Å²) in [5, 5.41) is 9.03. The highest BCUT2D eigenvalue weighted by Crippen LogP contribution is 2.32. The van der Waals surface area contributed by atoms with Crippen molar-refractivity contribution >= 4 is 5.95 Å². The van der Waals surface area contributed by atoms with Crippen molar-refractivity contribution in [3.8, 4) is 11.9 Å². The maximum Gasteiger partial charge on any atom is 0.225 e. The molecule has 2 aromatic heterocycles. The summed E-state index contributed by atoms with van der Waals surface area (Å²) in [6, 6.07) is 3.65. The predicted octanol–water partition coefficient (Wildman–Crippen LogP) is 4.02. The first kappa shape index (κ1) is 21.9. The normalized spacial score (nSPS) is 16.7. The maximum atomic E-state index is 9.03. The van der Waals surface area contributed by atoms with E-state index in [1.807, 2.05) is 26.1 Å². The third kappa shape index (κ3) is 5.44. The quantitative estimate of drug-likeness (QED) is 0.683. The van der Waals surface area contributed by atoms with Crippen LogP contribution >= 0.6 is 0 Å². The number of piperidine rings is 1. The van der Waals surface area contributed by atoms with Crippen LogP contribution in [0.1, 0.15) is 55.9 Å². The van der Waals surface area contributed by atoms with E-state index in [9.17, 15) is 0 Å². The zero-order chi connectivity index (χ0) is 21.7. The molecule has 1 fully saturated rings. The van der Waals surface area contributed by atoms with E-state index in [1.165, 1.54) is 12.8 Å². The number of nitrogens with zero attached hydrogens (tertiary/aromatic N) is 6. The number of aromatic nitrogens is 4. The smallest absolute Gasteiger partial charge is 0.225 e. The Morgan fingerprint density at radius 3 is 2.57 bits per heavy atom. The molecule has 0 amide bonds. The van der Waals surface area contributed by atoms with Gasteiger partial charge in [0.25, 0.3) is 0 Å². The third-order valence-corrected chi connectivity index (χ3v) is 6.43. The van der Waals surface area contributed by atoms with Crippen LogP contribution < -0.4 is 9.64 Å². The van der Waals surface area contributed by atoms with Crippen LogP contribution in [0.2, 0.25) is 0 Å². The minimum absolute atomic E-state index is 0.346. The molecule has 0 aromatic carbocycles. The number of hydrogen-bond acceptors (Lipinski definition) is 7. The van der Waals surface area contributed by atoms with Crippen LogP contribution in [0, 0.1) is 49.9 Å². The van der Waals surface area contributed by atoms with Gasteiger partial charge in [-0.15, -0.1) is 0 Å². The lowest BCUT2D eigenvalue weighted by atomic mass is 9.77. The molecular formula is C23H32N6O. The minimum Gasteiger partial charge on any atom is -0.478 e. The molecule has 0 spiro atoms. The minimum atomic E-state index is 0.346. The van der Waals surface area contributed by atoms with Gasteiger partial charge < -0.3 is 9.64 Å². The van der Waals surface area contributed by atoms with Gasteiger partial charge in [0.1, 0.15) is 17.6 Å². The van der Waals surface area contributed by atoms with Gasteiger partial charge in [-0.25, -0.2) is 15.0 Å². The van der Waals surface area contributed by atoms with Gasteiger partial charge >= 0.3 is 0 Å². The summed E-state index contributed by atoms with van der Waals surface area (Å²) < 4.78 is 5.81. The summed E-state index contributed by atoms with van der Waals surface area (Å²) in [6.45, 7) is 13.2. The fourth-order valence-corrected chi connectivity index (χ4v) is 4.04. The Bertz CT molecular complexity index is 901. The Labute approximate surface area is 179 Å². The van der Waals surface area contributed by atoms with Crippen molar-refractivity contribution in [2.24, 2.45) is 17.8 Å². The second kappa shape index (κ2) is 9.84. The average molecular weight is 409 g/mol. The Hall–Kier alpha value is -2.75. The average Bonchev–Trinajstić information content (AvgIpc) is 2.74. The molecule has 0 N–H and O–H groups in total. The summed E-state index contributed by atoms with van der Waals surface area (Å²) >= 11 is 0. The number of aryl methyl sites for hydroxylation is 3. The van der Waals surface area contributed by atoms with Gasteiger partial charge in [-0.1, -0.05) is 13.8 Å². The van der Waals surface area contributed by atoms with E-state index in [2.05, 4.69) is 38.7 Å². The standard InChI is InChI=1S/C23H32N6O/c1-15(8-11-30-22-12-21(13-24)27-19(5)28-22)17(3)20-6-9-29(10-7-20)23-25-14-16(2)18(4)26-23/h12,14-15,17,20H,6-11H2,1-5H3. The van der Waals surface area contributed by atoms with Crippen LogP contribution in [0.4, 0.5) is 5.95 Å². The molecular weight excluding hydrogens is 376 g/mol. The summed E-state index contributed by atoms with van der Waals surface area (Å²) in [4.78, 5) is 19.8. The van der Waals surface area contributed by atoms with Crippen molar-refractivity contribution in [1.29, 1.82) is 5.26 Å². The molecule has 2 atom stereocenters. The molecule has 0 saturated carbocycles. The van der Waals surface area contributed by atoms with E-state index in [4.69, 9.17) is 10.00 Å². The number of rotatable bonds is 7. The first-order valence-corrected chi connectivity index (χ1v) is 10.8. The first-order chi connectivity index (χ1) is 14.4. The van der Waals surface area contributed by atoms with Crippen LogP contribution in [-0.4, -0.2) is 39.6 Å². The molecule has 7 nitrogen and oxygen atoms in total. The van der Waals surface area contributed by atoms with E-state index >= 15 is 0 Å². The van der Waals surface area contributed by atoms with Gasteiger partial charge in [-0.2, -0.15) is 10.2 Å². The third-order valence-electron chi connectivity index (χ3n) is 6.43. The number of hydrogen-bond donors (Lipinski definition) is 0. The van der Waals surface area contributed by atoms with Gasteiger partial charge in [-0.05, 0) is 63.4 Å². The SMILES string of the molecule is Cc1nc(C#N)cc(OCCC(C)C(C)C2CCN(c3ncc(C)c(C)n3)CC2)n1. The van der Waals surface area contributed by atoms with Crippen molar-refractivity contribution in [3.63, 3.8) is 0 Å². The molecule has 30 heavy (non-hydrogen) atoms. The highest BCUT2D eigenvalue weighted by molar-refractivity contribution is 5.33. The molecule has 0 aliphatic carbocycles. The zero-order valence-electron chi connectivity index (χ0n) is 18.7. The molecule has 1 aliphatic rings. The fraction of sp³-hybridized carbons (Fsp3) is 0.609. The second-order valence-corrected chi connectivity index (χ2v) is 8.49. The van der Waals surface area contributed by atoms with E-state index in [1.54, 1.807) is 13.0 Å². The van der Waals surface area contributed by atoms with Crippen molar-refractivity contribution < 1.29 is 4.74 Å². The Morgan fingerprint density at radius 2 is 1.90 bits per heavy atom. The highest BCUT2D eigenvalue weighted by atomic mass is 16.5. The molecule has 0 radical (unpaired) electrons. The van der Waals surface area contributed by atoms with E-state index < -0.39 is 0 Å². The van der Waals surface area contributed by atoms with Crippen molar-refractivity contribution in [2.75, 3.05) is 24.6 Å². The molecule has 3 rings (SSSR count). The van der Waals surface area contributed by atoms with Crippen LogP contribution in [0.5, 0.6) is 5.88 Å². The largest absolute Gasteiger partial charge is 0.478 e. The van der Waals surface area contributed by atoms with Gasteiger partial charge in [0, 0.05) is 31.0 Å². The van der Waals surface area contributed by atoms with E-state index in [-0.39, 0.29) is 0 Å². The Kier molecular flexibility index (Phi) is 7.20. The Morgan fingerprint density at radius 1 is 1.17 bits per heavy atom. The van der Waals surface area contributed by atoms with Crippen molar-refractivity contribution in [3.05, 3.63) is 35.0 Å². The molecule has 2 aromatic rings. The molecule has 0 bridgehead atoms. The first-order valence-electron chi connectivity index (χ1n) is 10.8. The lowest BCUT2D eigenvalue weighted by molar-refractivity contribution is 0.184. The monoisotopic (exact) mass is 408 g/mol. The molecule has 3 heterocycles. The maximum absolute atomic E-state index is 9.03. The van der Waals surface area contributed by atoms with Gasteiger partial charge in [-0.3, -0.25) is 0 Å². The molecule has 2 unspecified atom stereocenters. The second-order valence-electron chi connectivity index (χ2n) is 8.49. The summed E-state index contributed by atoms with van der Waals surface area (Å²) in [5.74, 6) is 3.79. The zero-order valence-corrected chi connectivity index (χ0v) is 18.7. The van der Waals surface area contributed by atoms with E-state index in [0.29, 0.717) is 41.8 Å². The van der Waals surface area contributed by atoms with Gasteiger partial charge in [0.2, 0.25) is 11.8 Å². The van der Waals surface area contributed by atoms with Crippen LogP contribution in [-0.2, 0) is 0 Å². The van der Waals surface area contributed by atoms with Gasteiger partial charge in [0.15, 0.2) is 0 Å². The molecule has 1 aliphatic heterocycles. The number of anilines is 1. The molecule has 7 heteroatoms. The van der Waals surface area contributed by atoms with Crippen LogP contribution in [0.25, 0.3) is 0 Å². The summed E-state index contributed by atoms with van der Waals surface area (Å²) in [7, 11) is 0. The lowest BCUT2D eigenvalue weighted by Gasteiger charge is -2.37. The van der Waals surface area contributed by atoms with Crippen molar-refractivity contribution in [1.82, 2.24) is 19.9 Å². The summed E-state index contributed by atoms with van der Waals surface area (Å²) in [6.07, 6.45) is 5.22. The Balaban J connectivity index is 1.46. The molecule has 160 valence electrons. The van der Waals surface area contributed by atoms with Crippen LogP contribution in [0.3, 0.4) is 0 Å². The van der Waals surface area contributed by atoms with E-state index in [0.717, 1.165) is 36.7 Å². The molecule has 1 saturated heterocycles. The summed E-state index contributed by atoms with van der Waals surface area (Å²) in [5.41, 5.74) is 2.54. The highest BCUT2D eigenvalue weighted by Gasteiger charge is 2.28. The lowest BCUT2D eigenvalue weighted by Crippen LogP contribution is -2.38. The predicted molar refractivity (Wildman–Crippen MR) is 116 cm³/mol. The van der Waals surface area contributed by atoms with Gasteiger partial charge in [0.05, 0.1) is 6.61 Å². The number of ether oxygens (including phenoxy) is 1.